The summed E-state index contributed by atoms with van der Waals surface area (Å²) >= 11 is 0. The monoisotopic (exact) mass is 346 g/mol. The fourth-order valence-corrected chi connectivity index (χ4v) is 2.66. The minimum absolute atomic E-state index is 0.104. The fourth-order valence-electron chi connectivity index (χ4n) is 2.66. The summed E-state index contributed by atoms with van der Waals surface area (Å²) in [6, 6.07) is 5.67. The van der Waals surface area contributed by atoms with E-state index < -0.39 is 11.9 Å². The Kier molecular flexibility index (Phi) is 6.45. The molecular formula is C18H19FN2O4. The molecule has 1 aromatic rings. The van der Waals surface area contributed by atoms with E-state index >= 15 is 0 Å². The van der Waals surface area contributed by atoms with Crippen molar-refractivity contribution in [3.05, 3.63) is 52.9 Å². The van der Waals surface area contributed by atoms with Crippen LogP contribution < -0.4 is 5.32 Å². The Hall–Kier alpha value is -2.96. The summed E-state index contributed by atoms with van der Waals surface area (Å²) in [5.41, 5.74) is 3.22. The Labute approximate surface area is 144 Å². The third-order valence-electron chi connectivity index (χ3n) is 3.80. The second-order valence-electron chi connectivity index (χ2n) is 5.67. The molecule has 1 aliphatic carbocycles. The lowest BCUT2D eigenvalue weighted by molar-refractivity contribution is -0.134. The molecule has 0 fully saturated rings. The van der Waals surface area contributed by atoms with Crippen molar-refractivity contribution in [2.24, 2.45) is 4.99 Å². The van der Waals surface area contributed by atoms with Crippen molar-refractivity contribution in [2.75, 3.05) is 6.54 Å². The molecule has 7 heteroatoms. The highest BCUT2D eigenvalue weighted by atomic mass is 19.1. The van der Waals surface area contributed by atoms with E-state index in [9.17, 15) is 14.0 Å². The van der Waals surface area contributed by atoms with Crippen molar-refractivity contribution < 1.29 is 24.2 Å². The third-order valence-corrected chi connectivity index (χ3v) is 3.80. The van der Waals surface area contributed by atoms with Gasteiger partial charge in [-0.2, -0.15) is 0 Å². The normalized spacial score (nSPS) is 18.0. The van der Waals surface area contributed by atoms with Gasteiger partial charge < -0.3 is 15.5 Å². The highest BCUT2D eigenvalue weighted by molar-refractivity contribution is 5.89. The highest BCUT2D eigenvalue weighted by Crippen LogP contribution is 2.28. The first kappa shape index (κ1) is 18.4. The smallest absolute Gasteiger partial charge is 0.328 e. The second kappa shape index (κ2) is 8.77. The number of fused-ring (bicyclic) bond motifs is 1. The lowest BCUT2D eigenvalue weighted by Crippen LogP contribution is -2.16. The average Bonchev–Trinajstić information content (AvgIpc) is 3.07. The molecule has 0 saturated heterocycles. The van der Waals surface area contributed by atoms with Gasteiger partial charge in [-0.25, -0.2) is 14.0 Å². The number of rotatable bonds is 4. The summed E-state index contributed by atoms with van der Waals surface area (Å²) in [5.74, 6) is -2.62. The van der Waals surface area contributed by atoms with Gasteiger partial charge in [-0.15, -0.1) is 0 Å². The lowest BCUT2D eigenvalue weighted by atomic mass is 9.89. The first-order chi connectivity index (χ1) is 12.0. The number of carboxylic acids is 2. The van der Waals surface area contributed by atoms with E-state index in [2.05, 4.69) is 10.3 Å². The van der Waals surface area contributed by atoms with Crippen molar-refractivity contribution in [1.29, 1.82) is 0 Å². The first-order valence-electron chi connectivity index (χ1n) is 7.81. The number of halogens is 1. The number of hydrogen-bond acceptors (Lipinski definition) is 4. The standard InChI is InChI=1S/C14H15FN2.C4H4O4/c15-14-3-1-2-11-5-4-10(7-13(11)14)6-12-8-16-9-17-12;5-3(6)1-2-4(7)8/h1-3,7,9,12H,4-6,8H2,(H,16,17);1-2H,(H,5,6)(H,7,8). The van der Waals surface area contributed by atoms with Crippen LogP contribution in [-0.2, 0) is 16.0 Å². The van der Waals surface area contributed by atoms with E-state index in [-0.39, 0.29) is 5.82 Å². The molecule has 2 aliphatic rings. The van der Waals surface area contributed by atoms with Crippen molar-refractivity contribution in [3.8, 4) is 0 Å². The molecular weight excluding hydrogens is 327 g/mol. The molecule has 0 spiro atoms. The van der Waals surface area contributed by atoms with Crippen LogP contribution in [0.4, 0.5) is 4.39 Å². The number of nitrogens with one attached hydrogen (secondary N) is 1. The van der Waals surface area contributed by atoms with Gasteiger partial charge in [0.2, 0.25) is 0 Å². The molecule has 25 heavy (non-hydrogen) atoms. The number of carboxylic acid groups (broad SMARTS) is 2. The van der Waals surface area contributed by atoms with E-state index in [1.807, 2.05) is 12.1 Å². The van der Waals surface area contributed by atoms with Crippen LogP contribution in [0.25, 0.3) is 6.08 Å². The Bertz CT molecular complexity index is 725. The van der Waals surface area contributed by atoms with Gasteiger partial charge in [0.25, 0.3) is 0 Å². The van der Waals surface area contributed by atoms with E-state index in [1.165, 1.54) is 11.6 Å². The number of hydrogen-bond donors (Lipinski definition) is 3. The zero-order valence-electron chi connectivity index (χ0n) is 13.5. The number of aryl methyl sites for hydroxylation is 1. The summed E-state index contributed by atoms with van der Waals surface area (Å²) in [7, 11) is 0. The average molecular weight is 346 g/mol. The highest BCUT2D eigenvalue weighted by Gasteiger charge is 2.17. The molecule has 1 aromatic carbocycles. The van der Waals surface area contributed by atoms with Gasteiger partial charge in [0.15, 0.2) is 0 Å². The van der Waals surface area contributed by atoms with Gasteiger partial charge in [0.1, 0.15) is 5.82 Å². The Morgan fingerprint density at radius 1 is 1.24 bits per heavy atom. The Morgan fingerprint density at radius 2 is 1.96 bits per heavy atom. The van der Waals surface area contributed by atoms with Crippen molar-refractivity contribution in [2.45, 2.75) is 25.3 Å². The Morgan fingerprint density at radius 3 is 2.56 bits per heavy atom. The van der Waals surface area contributed by atoms with E-state index in [0.717, 1.165) is 36.9 Å². The van der Waals surface area contributed by atoms with E-state index in [4.69, 9.17) is 10.2 Å². The van der Waals surface area contributed by atoms with Crippen molar-refractivity contribution >= 4 is 24.4 Å². The number of nitrogens with zero attached hydrogens (tertiary/aromatic N) is 1. The number of benzene rings is 1. The summed E-state index contributed by atoms with van der Waals surface area (Å²) in [5, 5.41) is 18.7. The molecule has 0 bridgehead atoms. The van der Waals surface area contributed by atoms with Gasteiger partial charge in [-0.3, -0.25) is 4.99 Å². The van der Waals surface area contributed by atoms with Crippen LogP contribution in [0.2, 0.25) is 0 Å². The van der Waals surface area contributed by atoms with Crippen LogP contribution in [0.3, 0.4) is 0 Å². The quantitative estimate of drug-likeness (QED) is 0.726. The molecule has 1 atom stereocenters. The number of aliphatic carboxylic acids is 2. The predicted octanol–water partition coefficient (Wildman–Crippen LogP) is 2.26. The second-order valence-corrected chi connectivity index (χ2v) is 5.67. The molecule has 0 radical (unpaired) electrons. The summed E-state index contributed by atoms with van der Waals surface area (Å²) in [6.07, 6.45) is 7.82. The maximum Gasteiger partial charge on any atom is 0.328 e. The Balaban J connectivity index is 0.000000242. The van der Waals surface area contributed by atoms with E-state index in [1.54, 1.807) is 12.4 Å². The largest absolute Gasteiger partial charge is 0.478 e. The SMILES string of the molecule is Fc1cccc2c1C=C(CC1CNC=N1)CC2.O=C(O)C=CC(=O)O. The third kappa shape index (κ3) is 5.87. The summed E-state index contributed by atoms with van der Waals surface area (Å²) in [4.78, 5) is 23.4. The molecule has 6 nitrogen and oxygen atoms in total. The maximum absolute atomic E-state index is 13.7. The lowest BCUT2D eigenvalue weighted by Gasteiger charge is -2.18. The van der Waals surface area contributed by atoms with Gasteiger partial charge >= 0.3 is 11.9 Å². The molecule has 1 aliphatic heterocycles. The predicted molar refractivity (Wildman–Crippen MR) is 92.0 cm³/mol. The van der Waals surface area contributed by atoms with Gasteiger partial charge in [-0.1, -0.05) is 23.8 Å². The zero-order valence-corrected chi connectivity index (χ0v) is 13.5. The molecule has 1 heterocycles. The van der Waals surface area contributed by atoms with Crippen LogP contribution in [0.15, 0.2) is 40.9 Å². The molecule has 132 valence electrons. The minimum atomic E-state index is -1.26. The molecule has 1 unspecified atom stereocenters. The fraction of sp³-hybridized carbons (Fsp3) is 0.278. The molecule has 0 saturated carbocycles. The summed E-state index contributed by atoms with van der Waals surface area (Å²) < 4.78 is 13.7. The van der Waals surface area contributed by atoms with Gasteiger partial charge in [0, 0.05) is 24.3 Å². The van der Waals surface area contributed by atoms with Crippen LogP contribution >= 0.6 is 0 Å². The van der Waals surface area contributed by atoms with Crippen LogP contribution in [0.5, 0.6) is 0 Å². The molecule has 3 N–H and O–H groups in total. The van der Waals surface area contributed by atoms with Crippen LogP contribution in [0.1, 0.15) is 24.0 Å². The minimum Gasteiger partial charge on any atom is -0.478 e. The zero-order chi connectivity index (χ0) is 18.2. The molecule has 0 amide bonds. The van der Waals surface area contributed by atoms with Gasteiger partial charge in [-0.05, 0) is 30.9 Å². The van der Waals surface area contributed by atoms with Crippen molar-refractivity contribution in [3.63, 3.8) is 0 Å². The topological polar surface area (TPSA) is 99.0 Å². The van der Waals surface area contributed by atoms with Gasteiger partial charge in [0.05, 0.1) is 12.4 Å². The molecule has 0 aromatic heterocycles. The summed E-state index contributed by atoms with van der Waals surface area (Å²) in [6.45, 7) is 0.904. The van der Waals surface area contributed by atoms with Crippen LogP contribution in [-0.4, -0.2) is 41.1 Å². The number of aliphatic imine (C=N–C) groups is 1. The first-order valence-corrected chi connectivity index (χ1v) is 7.81. The maximum atomic E-state index is 13.7. The number of carbonyl (C=O) groups is 2. The van der Waals surface area contributed by atoms with Crippen LogP contribution in [0, 0.1) is 5.82 Å². The van der Waals surface area contributed by atoms with Crippen molar-refractivity contribution in [1.82, 2.24) is 5.32 Å². The van der Waals surface area contributed by atoms with E-state index in [0.29, 0.717) is 18.2 Å². The molecule has 3 rings (SSSR count).